The second-order valence-corrected chi connectivity index (χ2v) is 7.92. The van der Waals surface area contributed by atoms with Crippen molar-refractivity contribution >= 4 is 15.9 Å². The highest BCUT2D eigenvalue weighted by Gasteiger charge is 2.48. The van der Waals surface area contributed by atoms with E-state index in [0.29, 0.717) is 26.2 Å². The van der Waals surface area contributed by atoms with Crippen molar-refractivity contribution in [3.05, 3.63) is 30.1 Å². The zero-order valence-electron chi connectivity index (χ0n) is 12.0. The molecule has 0 saturated carbocycles. The first kappa shape index (κ1) is 14.5. The average molecular weight is 309 g/mol. The minimum Gasteiger partial charge on any atom is -0.338 e. The number of nitrogens with zero attached hydrogens (tertiary/aromatic N) is 3. The third kappa shape index (κ3) is 2.67. The Kier molecular flexibility index (Phi) is 3.71. The number of amides is 1. The van der Waals surface area contributed by atoms with Gasteiger partial charge in [0.1, 0.15) is 0 Å². The van der Waals surface area contributed by atoms with Crippen molar-refractivity contribution in [3.8, 4) is 0 Å². The monoisotopic (exact) mass is 309 g/mol. The lowest BCUT2D eigenvalue weighted by Gasteiger charge is -2.21. The van der Waals surface area contributed by atoms with Gasteiger partial charge in [-0.05, 0) is 18.6 Å². The summed E-state index contributed by atoms with van der Waals surface area (Å²) in [7, 11) is -3.19. The largest absolute Gasteiger partial charge is 0.338 e. The predicted molar refractivity (Wildman–Crippen MR) is 77.7 cm³/mol. The smallest absolute Gasteiger partial charge is 0.227 e. The van der Waals surface area contributed by atoms with Gasteiger partial charge in [-0.1, -0.05) is 6.07 Å². The van der Waals surface area contributed by atoms with E-state index in [-0.39, 0.29) is 23.5 Å². The Morgan fingerprint density at radius 2 is 2.14 bits per heavy atom. The molecule has 1 aromatic rings. The van der Waals surface area contributed by atoms with Crippen LogP contribution in [0.3, 0.4) is 0 Å². The third-order valence-corrected chi connectivity index (χ3v) is 6.16. The van der Waals surface area contributed by atoms with E-state index in [9.17, 15) is 13.2 Å². The van der Waals surface area contributed by atoms with Crippen LogP contribution in [-0.2, 0) is 21.4 Å². The Balaban J connectivity index is 1.68. The molecule has 2 saturated heterocycles. The van der Waals surface area contributed by atoms with Crippen LogP contribution in [0.1, 0.15) is 12.5 Å². The van der Waals surface area contributed by atoms with E-state index in [2.05, 4.69) is 4.98 Å². The van der Waals surface area contributed by atoms with Gasteiger partial charge in [0.05, 0.1) is 11.7 Å². The number of carbonyl (C=O) groups is 1. The molecular formula is C14H19N3O3S. The van der Waals surface area contributed by atoms with Gasteiger partial charge in [0.25, 0.3) is 0 Å². The van der Waals surface area contributed by atoms with Crippen LogP contribution in [0.4, 0.5) is 0 Å². The van der Waals surface area contributed by atoms with Crippen LogP contribution in [0.2, 0.25) is 0 Å². The number of rotatable bonds is 4. The number of carbonyl (C=O) groups excluding carboxylic acids is 1. The molecule has 1 amide bonds. The van der Waals surface area contributed by atoms with E-state index < -0.39 is 10.0 Å². The van der Waals surface area contributed by atoms with E-state index in [4.69, 9.17) is 0 Å². The fourth-order valence-corrected chi connectivity index (χ4v) is 4.34. The summed E-state index contributed by atoms with van der Waals surface area (Å²) in [5.41, 5.74) is 1.00. The van der Waals surface area contributed by atoms with E-state index in [0.717, 1.165) is 5.56 Å². The first-order valence-corrected chi connectivity index (χ1v) is 8.77. The number of hydrogen-bond donors (Lipinski definition) is 0. The zero-order valence-corrected chi connectivity index (χ0v) is 12.8. The minimum absolute atomic E-state index is 0.0673. The maximum Gasteiger partial charge on any atom is 0.227 e. The van der Waals surface area contributed by atoms with Gasteiger partial charge in [-0.3, -0.25) is 9.78 Å². The van der Waals surface area contributed by atoms with Crippen LogP contribution in [-0.4, -0.2) is 53.9 Å². The molecule has 3 heterocycles. The topological polar surface area (TPSA) is 70.6 Å². The van der Waals surface area contributed by atoms with Gasteiger partial charge in [-0.25, -0.2) is 12.7 Å². The van der Waals surface area contributed by atoms with Gasteiger partial charge in [-0.15, -0.1) is 0 Å². The molecule has 0 N–H and O–H groups in total. The van der Waals surface area contributed by atoms with Crippen molar-refractivity contribution in [2.45, 2.75) is 13.5 Å². The Morgan fingerprint density at radius 3 is 2.76 bits per heavy atom. The normalized spacial score (nSPS) is 26.3. The number of aromatic nitrogens is 1. The summed E-state index contributed by atoms with van der Waals surface area (Å²) in [5.74, 6) is 0.108. The lowest BCUT2D eigenvalue weighted by molar-refractivity contribution is -0.131. The molecule has 0 spiro atoms. The number of pyridine rings is 1. The summed E-state index contributed by atoms with van der Waals surface area (Å²) in [4.78, 5) is 18.3. The SMILES string of the molecule is CCS(=O)(=O)N1C[C@H]2CN(Cc3cccnc3)C(=O)[C@H]2C1. The number of hydrogen-bond acceptors (Lipinski definition) is 4. The predicted octanol–water partition coefficient (Wildman–Crippen LogP) is 0.321. The summed E-state index contributed by atoms with van der Waals surface area (Å²) < 4.78 is 25.3. The minimum atomic E-state index is -3.19. The van der Waals surface area contributed by atoms with Gasteiger partial charge in [0, 0.05) is 44.5 Å². The number of fused-ring (bicyclic) bond motifs is 1. The molecule has 114 valence electrons. The molecule has 0 radical (unpaired) electrons. The van der Waals surface area contributed by atoms with E-state index >= 15 is 0 Å². The highest BCUT2D eigenvalue weighted by Crippen LogP contribution is 2.34. The fourth-order valence-electron chi connectivity index (χ4n) is 3.17. The maximum absolute atomic E-state index is 12.4. The molecule has 7 heteroatoms. The highest BCUT2D eigenvalue weighted by molar-refractivity contribution is 7.89. The summed E-state index contributed by atoms with van der Waals surface area (Å²) in [6.07, 6.45) is 3.47. The maximum atomic E-state index is 12.4. The third-order valence-electron chi connectivity index (χ3n) is 4.35. The van der Waals surface area contributed by atoms with Crippen molar-refractivity contribution in [1.29, 1.82) is 0 Å². The lowest BCUT2D eigenvalue weighted by Crippen LogP contribution is -2.36. The molecule has 2 aliphatic heterocycles. The quantitative estimate of drug-likeness (QED) is 0.803. The van der Waals surface area contributed by atoms with Crippen molar-refractivity contribution in [3.63, 3.8) is 0 Å². The Hall–Kier alpha value is -1.47. The number of likely N-dealkylation sites (tertiary alicyclic amines) is 1. The first-order valence-electron chi connectivity index (χ1n) is 7.17. The molecular weight excluding hydrogens is 290 g/mol. The average Bonchev–Trinajstić information content (AvgIpc) is 3.02. The Labute approximate surface area is 124 Å². The molecule has 0 aliphatic carbocycles. The van der Waals surface area contributed by atoms with Gasteiger partial charge in [-0.2, -0.15) is 0 Å². The lowest BCUT2D eigenvalue weighted by atomic mass is 10.0. The van der Waals surface area contributed by atoms with Crippen LogP contribution in [0.25, 0.3) is 0 Å². The molecule has 2 aliphatic rings. The van der Waals surface area contributed by atoms with Crippen molar-refractivity contribution in [2.24, 2.45) is 11.8 Å². The Morgan fingerprint density at radius 1 is 1.33 bits per heavy atom. The van der Waals surface area contributed by atoms with Crippen LogP contribution in [0.15, 0.2) is 24.5 Å². The van der Waals surface area contributed by atoms with Crippen LogP contribution in [0.5, 0.6) is 0 Å². The van der Waals surface area contributed by atoms with Crippen molar-refractivity contribution in [2.75, 3.05) is 25.4 Å². The van der Waals surface area contributed by atoms with Crippen LogP contribution >= 0.6 is 0 Å². The van der Waals surface area contributed by atoms with Gasteiger partial charge >= 0.3 is 0 Å². The summed E-state index contributed by atoms with van der Waals surface area (Å²) in [6.45, 7) is 3.63. The second kappa shape index (κ2) is 5.38. The second-order valence-electron chi connectivity index (χ2n) is 5.66. The molecule has 0 unspecified atom stereocenters. The van der Waals surface area contributed by atoms with Gasteiger partial charge in [0.2, 0.25) is 15.9 Å². The van der Waals surface area contributed by atoms with Crippen molar-refractivity contribution in [1.82, 2.24) is 14.2 Å². The van der Waals surface area contributed by atoms with Crippen LogP contribution in [0, 0.1) is 11.8 Å². The first-order chi connectivity index (χ1) is 10.0. The van der Waals surface area contributed by atoms with Gasteiger partial charge < -0.3 is 4.90 Å². The van der Waals surface area contributed by atoms with Gasteiger partial charge in [0.15, 0.2) is 0 Å². The van der Waals surface area contributed by atoms with Crippen molar-refractivity contribution < 1.29 is 13.2 Å². The molecule has 2 atom stereocenters. The molecule has 2 fully saturated rings. The summed E-state index contributed by atoms with van der Waals surface area (Å²) in [5, 5.41) is 0. The molecule has 1 aromatic heterocycles. The summed E-state index contributed by atoms with van der Waals surface area (Å²) in [6, 6.07) is 3.80. The van der Waals surface area contributed by atoms with E-state index in [1.54, 1.807) is 19.3 Å². The van der Waals surface area contributed by atoms with E-state index in [1.807, 2.05) is 17.0 Å². The highest BCUT2D eigenvalue weighted by atomic mass is 32.2. The molecule has 21 heavy (non-hydrogen) atoms. The standard InChI is InChI=1S/C14H19N3O3S/c1-2-21(19,20)17-9-12-8-16(14(18)13(12)10-17)7-11-4-3-5-15-6-11/h3-6,12-13H,2,7-10H2,1H3/t12-,13+/m1/s1. The molecule has 3 rings (SSSR count). The summed E-state index contributed by atoms with van der Waals surface area (Å²) >= 11 is 0. The number of sulfonamides is 1. The van der Waals surface area contributed by atoms with Crippen LogP contribution < -0.4 is 0 Å². The zero-order chi connectivity index (χ0) is 15.0. The molecule has 0 bridgehead atoms. The Bertz CT molecular complexity index is 632. The molecule has 6 nitrogen and oxygen atoms in total. The molecule has 0 aromatic carbocycles. The van der Waals surface area contributed by atoms with E-state index in [1.165, 1.54) is 4.31 Å². The fraction of sp³-hybridized carbons (Fsp3) is 0.571.